The molecule has 4 rings (SSSR count). The molecule has 27 heavy (non-hydrogen) atoms. The van der Waals surface area contributed by atoms with Crippen LogP contribution in [0.4, 0.5) is 17.6 Å². The molecule has 0 aliphatic carbocycles. The van der Waals surface area contributed by atoms with Crippen molar-refractivity contribution < 1.29 is 9.47 Å². The summed E-state index contributed by atoms with van der Waals surface area (Å²) in [6.07, 6.45) is 5.36. The zero-order valence-electron chi connectivity index (χ0n) is 15.7. The number of rotatable bonds is 4. The Hall–Kier alpha value is -3.36. The van der Waals surface area contributed by atoms with E-state index >= 15 is 0 Å². The summed E-state index contributed by atoms with van der Waals surface area (Å²) in [5.41, 5.74) is 1.80. The topological polar surface area (TPSA) is 90.2 Å². The fraction of sp³-hybridized carbons (Fsp3) is 0.333. The Bertz CT molecular complexity index is 972. The third kappa shape index (κ3) is 3.23. The van der Waals surface area contributed by atoms with Gasteiger partial charge in [-0.25, -0.2) is 4.98 Å². The molecule has 140 valence electrons. The van der Waals surface area contributed by atoms with E-state index in [1.54, 1.807) is 24.2 Å². The molecule has 0 aromatic carbocycles. The third-order valence-corrected chi connectivity index (χ3v) is 4.52. The molecule has 0 saturated carbocycles. The lowest BCUT2D eigenvalue weighted by molar-refractivity contribution is 0.271. The maximum Gasteiger partial charge on any atom is 0.230 e. The molecule has 0 spiro atoms. The zero-order valence-corrected chi connectivity index (χ0v) is 15.7. The molecule has 1 aliphatic heterocycles. The number of pyridine rings is 1. The van der Waals surface area contributed by atoms with Crippen molar-refractivity contribution >= 4 is 17.6 Å². The molecule has 4 heterocycles. The van der Waals surface area contributed by atoms with Crippen molar-refractivity contribution in [1.82, 2.24) is 24.7 Å². The maximum atomic E-state index is 5.68. The van der Waals surface area contributed by atoms with E-state index in [0.29, 0.717) is 30.0 Å². The summed E-state index contributed by atoms with van der Waals surface area (Å²) in [7, 11) is 5.45. The van der Waals surface area contributed by atoms with E-state index in [1.807, 2.05) is 32.4 Å². The first-order valence-electron chi connectivity index (χ1n) is 8.59. The van der Waals surface area contributed by atoms with Gasteiger partial charge in [0.05, 0.1) is 25.5 Å². The Balaban J connectivity index is 1.62. The lowest BCUT2D eigenvalue weighted by Gasteiger charge is -2.32. The van der Waals surface area contributed by atoms with Crippen LogP contribution < -0.4 is 19.7 Å². The van der Waals surface area contributed by atoms with Gasteiger partial charge in [-0.05, 0) is 19.1 Å². The predicted octanol–water partition coefficient (Wildman–Crippen LogP) is 2.24. The highest BCUT2D eigenvalue weighted by Gasteiger charge is 2.23. The summed E-state index contributed by atoms with van der Waals surface area (Å²) < 4.78 is 12.9. The van der Waals surface area contributed by atoms with Crippen LogP contribution in [0.2, 0.25) is 0 Å². The number of ether oxygens (including phenoxy) is 2. The molecule has 1 aliphatic rings. The summed E-state index contributed by atoms with van der Waals surface area (Å²) in [6.45, 7) is 2.70. The number of aromatic nitrogens is 5. The number of hydrogen-bond acceptors (Lipinski definition) is 8. The lowest BCUT2D eigenvalue weighted by Crippen LogP contribution is -2.38. The standard InChI is InChI=1S/C18H21N7O2/c1-11-10-27-14-8-19-18(23-16(14)25(11)3)22-15-6-5-13(17(21-15)26-4)12-7-20-24(2)9-12/h5-9,11H,10H2,1-4H3,(H,19,21,22,23). The van der Waals surface area contributed by atoms with E-state index < -0.39 is 0 Å². The molecular formula is C18H21N7O2. The molecule has 1 N–H and O–H groups in total. The second kappa shape index (κ2) is 6.75. The summed E-state index contributed by atoms with van der Waals surface area (Å²) in [5, 5.41) is 7.33. The molecule has 0 radical (unpaired) electrons. The second-order valence-electron chi connectivity index (χ2n) is 6.43. The predicted molar refractivity (Wildman–Crippen MR) is 102 cm³/mol. The minimum absolute atomic E-state index is 0.247. The number of nitrogens with zero attached hydrogens (tertiary/aromatic N) is 6. The largest absolute Gasteiger partial charge is 0.486 e. The molecule has 9 heteroatoms. The quantitative estimate of drug-likeness (QED) is 0.751. The van der Waals surface area contributed by atoms with Gasteiger partial charge in [0.2, 0.25) is 11.8 Å². The molecule has 0 amide bonds. The van der Waals surface area contributed by atoms with Gasteiger partial charge < -0.3 is 19.7 Å². The highest BCUT2D eigenvalue weighted by Crippen LogP contribution is 2.32. The van der Waals surface area contributed by atoms with E-state index in [2.05, 4.69) is 37.2 Å². The molecular weight excluding hydrogens is 346 g/mol. The first-order valence-corrected chi connectivity index (χ1v) is 8.59. The Kier molecular flexibility index (Phi) is 4.27. The van der Waals surface area contributed by atoms with Crippen molar-refractivity contribution in [1.29, 1.82) is 0 Å². The average molecular weight is 367 g/mol. The van der Waals surface area contributed by atoms with E-state index in [9.17, 15) is 0 Å². The van der Waals surface area contributed by atoms with Crippen molar-refractivity contribution in [2.24, 2.45) is 7.05 Å². The van der Waals surface area contributed by atoms with Crippen molar-refractivity contribution in [3.8, 4) is 22.8 Å². The van der Waals surface area contributed by atoms with Crippen LogP contribution >= 0.6 is 0 Å². The lowest BCUT2D eigenvalue weighted by atomic mass is 10.1. The van der Waals surface area contributed by atoms with Gasteiger partial charge in [-0.15, -0.1) is 0 Å². The molecule has 0 bridgehead atoms. The van der Waals surface area contributed by atoms with Gasteiger partial charge in [0.15, 0.2) is 11.6 Å². The number of nitrogens with one attached hydrogen (secondary N) is 1. The summed E-state index contributed by atoms with van der Waals surface area (Å²) in [4.78, 5) is 15.5. The minimum Gasteiger partial charge on any atom is -0.486 e. The maximum absolute atomic E-state index is 5.68. The van der Waals surface area contributed by atoms with Gasteiger partial charge in [-0.2, -0.15) is 15.1 Å². The molecule has 1 unspecified atom stereocenters. The van der Waals surface area contributed by atoms with Crippen molar-refractivity contribution in [2.75, 3.05) is 31.0 Å². The van der Waals surface area contributed by atoms with Crippen LogP contribution in [0.15, 0.2) is 30.7 Å². The normalized spacial score (nSPS) is 15.9. The van der Waals surface area contributed by atoms with Crippen LogP contribution in [0.25, 0.3) is 11.1 Å². The van der Waals surface area contributed by atoms with Crippen LogP contribution in [0.1, 0.15) is 6.92 Å². The number of hydrogen-bond donors (Lipinski definition) is 1. The SMILES string of the molecule is COc1nc(Nc2ncc3c(n2)N(C)C(C)CO3)ccc1-c1cnn(C)c1. The Morgan fingerprint density at radius 3 is 2.81 bits per heavy atom. The molecule has 3 aromatic heterocycles. The van der Waals surface area contributed by atoms with Crippen molar-refractivity contribution in [3.05, 3.63) is 30.7 Å². The average Bonchev–Trinajstić information content (AvgIpc) is 3.11. The highest BCUT2D eigenvalue weighted by molar-refractivity contribution is 5.69. The molecule has 9 nitrogen and oxygen atoms in total. The number of fused-ring (bicyclic) bond motifs is 1. The fourth-order valence-corrected chi connectivity index (χ4v) is 2.87. The van der Waals surface area contributed by atoms with E-state index in [-0.39, 0.29) is 6.04 Å². The van der Waals surface area contributed by atoms with Crippen molar-refractivity contribution in [2.45, 2.75) is 13.0 Å². The number of anilines is 3. The molecule has 0 saturated heterocycles. The Labute approximate surface area is 157 Å². The second-order valence-corrected chi connectivity index (χ2v) is 6.43. The van der Waals surface area contributed by atoms with Crippen LogP contribution in [0.5, 0.6) is 11.6 Å². The van der Waals surface area contributed by atoms with Gasteiger partial charge in [-0.1, -0.05) is 0 Å². The number of likely N-dealkylation sites (N-methyl/N-ethyl adjacent to an activating group) is 1. The summed E-state index contributed by atoms with van der Waals surface area (Å²) >= 11 is 0. The summed E-state index contributed by atoms with van der Waals surface area (Å²) in [6, 6.07) is 4.04. The van der Waals surface area contributed by atoms with Crippen LogP contribution in [0.3, 0.4) is 0 Å². The van der Waals surface area contributed by atoms with Crippen molar-refractivity contribution in [3.63, 3.8) is 0 Å². The first-order chi connectivity index (χ1) is 13.0. The Morgan fingerprint density at radius 2 is 2.07 bits per heavy atom. The van der Waals surface area contributed by atoms with Gasteiger partial charge >= 0.3 is 0 Å². The summed E-state index contributed by atoms with van der Waals surface area (Å²) in [5.74, 6) is 2.97. The smallest absolute Gasteiger partial charge is 0.230 e. The number of aryl methyl sites for hydroxylation is 1. The fourth-order valence-electron chi connectivity index (χ4n) is 2.87. The third-order valence-electron chi connectivity index (χ3n) is 4.52. The monoisotopic (exact) mass is 367 g/mol. The van der Waals surface area contributed by atoms with E-state index in [1.165, 1.54) is 0 Å². The van der Waals surface area contributed by atoms with Crippen LogP contribution in [-0.4, -0.2) is 51.5 Å². The van der Waals surface area contributed by atoms with Crippen LogP contribution in [-0.2, 0) is 7.05 Å². The van der Waals surface area contributed by atoms with Gasteiger partial charge in [0, 0.05) is 31.4 Å². The first kappa shape index (κ1) is 17.1. The van der Waals surface area contributed by atoms with E-state index in [0.717, 1.165) is 16.9 Å². The molecule has 1 atom stereocenters. The Morgan fingerprint density at radius 1 is 1.22 bits per heavy atom. The minimum atomic E-state index is 0.247. The van der Waals surface area contributed by atoms with Crippen LogP contribution in [0, 0.1) is 0 Å². The zero-order chi connectivity index (χ0) is 19.0. The van der Waals surface area contributed by atoms with Gasteiger partial charge in [0.25, 0.3) is 0 Å². The molecule has 3 aromatic rings. The molecule has 0 fully saturated rings. The highest BCUT2D eigenvalue weighted by atomic mass is 16.5. The van der Waals surface area contributed by atoms with Gasteiger partial charge in [0.1, 0.15) is 12.4 Å². The van der Waals surface area contributed by atoms with Gasteiger partial charge in [-0.3, -0.25) is 4.68 Å². The number of methoxy groups -OCH3 is 1. The van der Waals surface area contributed by atoms with E-state index in [4.69, 9.17) is 9.47 Å².